The molecule has 1 aromatic carbocycles. The smallest absolute Gasteiger partial charge is 0.306 e. The zero-order chi connectivity index (χ0) is 32.9. The SMILES string of the molecule is CC(=O)N[C@H]1[C@H](OC(C)(C)CCOCC(C)CC(=O)OCc2ccccc2)O[C@H](COC(C)=O)[C@H](OC(C)=O)[C@@H]1OC(C)=O. The summed E-state index contributed by atoms with van der Waals surface area (Å²) < 4.78 is 39.5. The Bertz CT molecular complexity index is 1110. The summed E-state index contributed by atoms with van der Waals surface area (Å²) >= 11 is 0. The summed E-state index contributed by atoms with van der Waals surface area (Å²) in [5.41, 5.74) is 0.0220. The molecule has 0 aliphatic carbocycles. The Labute approximate surface area is 258 Å². The van der Waals surface area contributed by atoms with Crippen molar-refractivity contribution in [3.63, 3.8) is 0 Å². The summed E-state index contributed by atoms with van der Waals surface area (Å²) in [5, 5.41) is 2.68. The highest BCUT2D eigenvalue weighted by atomic mass is 16.7. The van der Waals surface area contributed by atoms with Gasteiger partial charge in [-0.3, -0.25) is 24.0 Å². The number of nitrogens with one attached hydrogen (secondary N) is 1. The Balaban J connectivity index is 2.02. The maximum Gasteiger partial charge on any atom is 0.306 e. The Hall–Kier alpha value is -3.55. The quantitative estimate of drug-likeness (QED) is 0.163. The van der Waals surface area contributed by atoms with Crippen LogP contribution >= 0.6 is 0 Å². The fourth-order valence-electron chi connectivity index (χ4n) is 4.51. The van der Waals surface area contributed by atoms with Crippen LogP contribution in [-0.4, -0.2) is 85.8 Å². The molecule has 0 bridgehead atoms. The highest BCUT2D eigenvalue weighted by molar-refractivity contribution is 5.73. The van der Waals surface area contributed by atoms with Gasteiger partial charge in [-0.05, 0) is 31.7 Å². The second kappa shape index (κ2) is 17.7. The first kappa shape index (κ1) is 36.6. The molecule has 1 heterocycles. The number of esters is 4. The van der Waals surface area contributed by atoms with Crippen LogP contribution in [0.2, 0.25) is 0 Å². The third kappa shape index (κ3) is 13.4. The van der Waals surface area contributed by atoms with Crippen molar-refractivity contribution in [3.8, 4) is 0 Å². The standard InChI is InChI=1S/C31H45NO12/c1-19(15-26(37)40-17-24-11-9-8-10-12-24)16-38-14-13-31(6,7)44-30-27(32-20(2)33)29(42-23(5)36)28(41-22(4)35)25(43-30)18-39-21(3)34/h8-12,19,25,27-30H,13-18H2,1-7H3,(H,32,33)/t19?,25-,27-,28+,29-,30+/m1/s1. The maximum absolute atomic E-state index is 12.2. The van der Waals surface area contributed by atoms with Gasteiger partial charge in [0.1, 0.15) is 25.4 Å². The lowest BCUT2D eigenvalue weighted by Gasteiger charge is -2.46. The van der Waals surface area contributed by atoms with E-state index in [-0.39, 0.29) is 38.1 Å². The molecule has 1 unspecified atom stereocenters. The van der Waals surface area contributed by atoms with Crippen LogP contribution in [0.25, 0.3) is 0 Å². The summed E-state index contributed by atoms with van der Waals surface area (Å²) in [6.45, 7) is 10.7. The lowest BCUT2D eigenvalue weighted by molar-refractivity contribution is -0.301. The lowest BCUT2D eigenvalue weighted by atomic mass is 9.95. The van der Waals surface area contributed by atoms with Crippen LogP contribution in [0.3, 0.4) is 0 Å². The van der Waals surface area contributed by atoms with Crippen molar-refractivity contribution in [3.05, 3.63) is 35.9 Å². The van der Waals surface area contributed by atoms with Crippen LogP contribution in [0.5, 0.6) is 0 Å². The molecule has 44 heavy (non-hydrogen) atoms. The molecular weight excluding hydrogens is 578 g/mol. The van der Waals surface area contributed by atoms with Gasteiger partial charge in [0.05, 0.1) is 12.0 Å². The van der Waals surface area contributed by atoms with Gasteiger partial charge in [-0.15, -0.1) is 0 Å². The van der Waals surface area contributed by atoms with E-state index < -0.39 is 60.1 Å². The lowest BCUT2D eigenvalue weighted by Crippen LogP contribution is -2.67. The molecule has 13 heteroatoms. The van der Waals surface area contributed by atoms with Crippen LogP contribution in [0, 0.1) is 5.92 Å². The van der Waals surface area contributed by atoms with E-state index >= 15 is 0 Å². The van der Waals surface area contributed by atoms with E-state index in [1.54, 1.807) is 13.8 Å². The van der Waals surface area contributed by atoms with E-state index in [4.69, 9.17) is 33.2 Å². The molecule has 0 aromatic heterocycles. The van der Waals surface area contributed by atoms with Gasteiger partial charge in [0.2, 0.25) is 5.91 Å². The van der Waals surface area contributed by atoms with Gasteiger partial charge in [0.25, 0.3) is 0 Å². The molecule has 0 spiro atoms. The van der Waals surface area contributed by atoms with Crippen molar-refractivity contribution < 1.29 is 57.1 Å². The van der Waals surface area contributed by atoms with Crippen molar-refractivity contribution in [2.75, 3.05) is 19.8 Å². The average Bonchev–Trinajstić information content (AvgIpc) is 2.92. The van der Waals surface area contributed by atoms with Crippen molar-refractivity contribution in [1.82, 2.24) is 5.32 Å². The van der Waals surface area contributed by atoms with E-state index in [1.165, 1.54) is 27.7 Å². The third-order valence-electron chi connectivity index (χ3n) is 6.51. The van der Waals surface area contributed by atoms with Gasteiger partial charge >= 0.3 is 23.9 Å². The summed E-state index contributed by atoms with van der Waals surface area (Å²) in [6.07, 6.45) is -4.11. The van der Waals surface area contributed by atoms with E-state index in [0.717, 1.165) is 5.56 Å². The maximum atomic E-state index is 12.2. The van der Waals surface area contributed by atoms with E-state index in [1.807, 2.05) is 37.3 Å². The molecule has 1 aliphatic rings. The van der Waals surface area contributed by atoms with Gasteiger partial charge in [-0.25, -0.2) is 0 Å². The molecule has 6 atom stereocenters. The summed E-state index contributed by atoms with van der Waals surface area (Å²) in [6, 6.07) is 8.35. The molecule has 1 saturated heterocycles. The number of amides is 1. The minimum atomic E-state index is -1.21. The Kier molecular flexibility index (Phi) is 14.7. The highest BCUT2D eigenvalue weighted by Gasteiger charge is 2.52. The fraction of sp³-hybridized carbons (Fsp3) is 0.645. The number of hydrogen-bond acceptors (Lipinski definition) is 12. The van der Waals surface area contributed by atoms with Crippen LogP contribution in [0.1, 0.15) is 66.9 Å². The van der Waals surface area contributed by atoms with E-state index in [0.29, 0.717) is 13.0 Å². The first-order valence-corrected chi connectivity index (χ1v) is 14.5. The van der Waals surface area contributed by atoms with Crippen molar-refractivity contribution in [2.24, 2.45) is 5.92 Å². The van der Waals surface area contributed by atoms with Crippen molar-refractivity contribution in [2.45, 2.75) is 104 Å². The molecule has 1 aromatic rings. The van der Waals surface area contributed by atoms with Gasteiger partial charge in [0, 0.05) is 40.9 Å². The van der Waals surface area contributed by atoms with Gasteiger partial charge in [0.15, 0.2) is 18.5 Å². The first-order valence-electron chi connectivity index (χ1n) is 14.5. The van der Waals surface area contributed by atoms with E-state index in [2.05, 4.69) is 5.32 Å². The van der Waals surface area contributed by atoms with E-state index in [9.17, 15) is 24.0 Å². The van der Waals surface area contributed by atoms with Gasteiger partial charge < -0.3 is 38.5 Å². The molecule has 13 nitrogen and oxygen atoms in total. The number of hydrogen-bond donors (Lipinski definition) is 1. The van der Waals surface area contributed by atoms with Crippen molar-refractivity contribution in [1.29, 1.82) is 0 Å². The zero-order valence-electron chi connectivity index (χ0n) is 26.5. The largest absolute Gasteiger partial charge is 0.463 e. The number of carbonyl (C=O) groups is 5. The highest BCUT2D eigenvalue weighted by Crippen LogP contribution is 2.31. The van der Waals surface area contributed by atoms with Crippen LogP contribution in [-0.2, 0) is 63.7 Å². The second-order valence-electron chi connectivity index (χ2n) is 11.4. The Morgan fingerprint density at radius 2 is 1.55 bits per heavy atom. The fourth-order valence-corrected chi connectivity index (χ4v) is 4.51. The molecule has 1 amide bonds. The Morgan fingerprint density at radius 3 is 2.14 bits per heavy atom. The second-order valence-corrected chi connectivity index (χ2v) is 11.4. The molecule has 0 saturated carbocycles. The summed E-state index contributed by atoms with van der Waals surface area (Å²) in [7, 11) is 0. The number of ether oxygens (including phenoxy) is 7. The van der Waals surface area contributed by atoms with Gasteiger partial charge in [-0.1, -0.05) is 37.3 Å². The number of benzene rings is 1. The third-order valence-corrected chi connectivity index (χ3v) is 6.51. The summed E-state index contributed by atoms with van der Waals surface area (Å²) in [5.74, 6) is -2.86. The van der Waals surface area contributed by atoms with Crippen LogP contribution < -0.4 is 5.32 Å². The van der Waals surface area contributed by atoms with Crippen molar-refractivity contribution >= 4 is 29.8 Å². The predicted molar refractivity (Wildman–Crippen MR) is 155 cm³/mol. The first-order chi connectivity index (χ1) is 20.7. The van der Waals surface area contributed by atoms with Crippen LogP contribution in [0.4, 0.5) is 0 Å². The molecule has 0 radical (unpaired) electrons. The topological polar surface area (TPSA) is 162 Å². The average molecular weight is 624 g/mol. The minimum Gasteiger partial charge on any atom is -0.463 e. The molecule has 2 rings (SSSR count). The molecular formula is C31H45NO12. The van der Waals surface area contributed by atoms with Gasteiger partial charge in [-0.2, -0.15) is 0 Å². The predicted octanol–water partition coefficient (Wildman–Crippen LogP) is 2.61. The Morgan fingerprint density at radius 1 is 0.909 bits per heavy atom. The monoisotopic (exact) mass is 623 g/mol. The molecule has 1 fully saturated rings. The number of carbonyl (C=O) groups excluding carboxylic acids is 5. The normalized spacial score (nSPS) is 22.3. The molecule has 246 valence electrons. The zero-order valence-corrected chi connectivity index (χ0v) is 26.5. The molecule has 1 N–H and O–H groups in total. The molecule has 1 aliphatic heterocycles. The summed E-state index contributed by atoms with van der Waals surface area (Å²) in [4.78, 5) is 59.9. The number of rotatable bonds is 16. The minimum absolute atomic E-state index is 0.0853. The van der Waals surface area contributed by atoms with Crippen LogP contribution in [0.15, 0.2) is 30.3 Å².